The van der Waals surface area contributed by atoms with Crippen molar-refractivity contribution >= 4 is 0 Å². The average Bonchev–Trinajstić information content (AvgIpc) is 3.15. The van der Waals surface area contributed by atoms with Crippen molar-refractivity contribution in [3.63, 3.8) is 0 Å². The molecule has 1 aliphatic carbocycles. The van der Waals surface area contributed by atoms with Crippen LogP contribution in [0.1, 0.15) is 43.2 Å². The third-order valence-electron chi connectivity index (χ3n) is 3.63. The molecule has 0 amide bonds. The summed E-state index contributed by atoms with van der Waals surface area (Å²) in [4.78, 5) is 0. The lowest BCUT2D eigenvalue weighted by Gasteiger charge is -2.18. The van der Waals surface area contributed by atoms with Gasteiger partial charge in [0.05, 0.1) is 0 Å². The van der Waals surface area contributed by atoms with E-state index < -0.39 is 11.8 Å². The Hall–Kier alpha value is -0.960. The molecule has 2 N–H and O–H groups in total. The molecule has 0 aromatic heterocycles. The van der Waals surface area contributed by atoms with Gasteiger partial charge >= 0.3 is 0 Å². The SMILES string of the molecule is CCC(CN)c1ccc(C(F)(F)C2CC2)cc1. The molecule has 1 aromatic carbocycles. The highest BCUT2D eigenvalue weighted by Gasteiger charge is 2.47. The van der Waals surface area contributed by atoms with Crippen LogP contribution in [0.2, 0.25) is 0 Å². The van der Waals surface area contributed by atoms with Gasteiger partial charge in [0.15, 0.2) is 0 Å². The van der Waals surface area contributed by atoms with Crippen molar-refractivity contribution in [1.82, 2.24) is 0 Å². The highest BCUT2D eigenvalue weighted by molar-refractivity contribution is 5.29. The summed E-state index contributed by atoms with van der Waals surface area (Å²) in [5.74, 6) is -2.81. The van der Waals surface area contributed by atoms with Gasteiger partial charge in [-0.1, -0.05) is 31.2 Å². The molecule has 1 aromatic rings. The van der Waals surface area contributed by atoms with Gasteiger partial charge < -0.3 is 5.73 Å². The first-order valence-corrected chi connectivity index (χ1v) is 6.28. The van der Waals surface area contributed by atoms with E-state index in [1.807, 2.05) is 0 Å². The fourth-order valence-electron chi connectivity index (χ4n) is 2.20. The topological polar surface area (TPSA) is 26.0 Å². The molecule has 2 rings (SSSR count). The number of hydrogen-bond acceptors (Lipinski definition) is 1. The first kappa shape index (κ1) is 12.5. The summed E-state index contributed by atoms with van der Waals surface area (Å²) >= 11 is 0. The quantitative estimate of drug-likeness (QED) is 0.834. The Balaban J connectivity index is 2.17. The minimum absolute atomic E-state index is 0.149. The molecule has 94 valence electrons. The van der Waals surface area contributed by atoms with Crippen LogP contribution in [0, 0.1) is 5.92 Å². The number of halogens is 2. The van der Waals surface area contributed by atoms with E-state index in [1.54, 1.807) is 24.3 Å². The van der Waals surface area contributed by atoms with Crippen LogP contribution in [-0.4, -0.2) is 6.54 Å². The highest BCUT2D eigenvalue weighted by atomic mass is 19.3. The maximum Gasteiger partial charge on any atom is 0.276 e. The Morgan fingerprint density at radius 3 is 2.29 bits per heavy atom. The molecule has 1 atom stereocenters. The van der Waals surface area contributed by atoms with Gasteiger partial charge in [0.1, 0.15) is 0 Å². The van der Waals surface area contributed by atoms with Crippen LogP contribution < -0.4 is 5.73 Å². The Labute approximate surface area is 101 Å². The molecule has 0 aliphatic heterocycles. The summed E-state index contributed by atoms with van der Waals surface area (Å²) in [6.07, 6.45) is 2.24. The van der Waals surface area contributed by atoms with E-state index in [4.69, 9.17) is 5.73 Å². The predicted molar refractivity (Wildman–Crippen MR) is 65.1 cm³/mol. The van der Waals surface area contributed by atoms with Gasteiger partial charge in [0.2, 0.25) is 0 Å². The predicted octanol–water partition coefficient (Wildman–Crippen LogP) is 3.64. The van der Waals surface area contributed by atoms with Gasteiger partial charge in [0, 0.05) is 11.5 Å². The first-order chi connectivity index (χ1) is 8.09. The summed E-state index contributed by atoms with van der Waals surface area (Å²) in [7, 11) is 0. The zero-order chi connectivity index (χ0) is 12.5. The zero-order valence-corrected chi connectivity index (χ0v) is 10.1. The van der Waals surface area contributed by atoms with Gasteiger partial charge in [-0.25, -0.2) is 8.78 Å². The minimum Gasteiger partial charge on any atom is -0.330 e. The van der Waals surface area contributed by atoms with Crippen molar-refractivity contribution in [1.29, 1.82) is 0 Å². The molecule has 3 heteroatoms. The molecule has 1 aliphatic rings. The van der Waals surface area contributed by atoms with Gasteiger partial charge in [-0.15, -0.1) is 0 Å². The van der Waals surface area contributed by atoms with E-state index in [2.05, 4.69) is 6.92 Å². The summed E-state index contributed by atoms with van der Waals surface area (Å²) in [5.41, 5.74) is 6.86. The van der Waals surface area contributed by atoms with Crippen molar-refractivity contribution < 1.29 is 8.78 Å². The van der Waals surface area contributed by atoms with Crippen LogP contribution in [0.15, 0.2) is 24.3 Å². The zero-order valence-electron chi connectivity index (χ0n) is 10.1. The van der Waals surface area contributed by atoms with E-state index in [0.29, 0.717) is 19.4 Å². The van der Waals surface area contributed by atoms with Gasteiger partial charge in [0.25, 0.3) is 5.92 Å². The van der Waals surface area contributed by atoms with E-state index in [1.165, 1.54) is 0 Å². The van der Waals surface area contributed by atoms with Crippen molar-refractivity contribution in [2.45, 2.75) is 38.0 Å². The summed E-state index contributed by atoms with van der Waals surface area (Å²) < 4.78 is 27.6. The molecule has 1 nitrogen and oxygen atoms in total. The molecule has 0 radical (unpaired) electrons. The number of hydrogen-bond donors (Lipinski definition) is 1. The standard InChI is InChI=1S/C14H19F2N/c1-2-10(9-17)11-3-5-12(6-4-11)14(15,16)13-7-8-13/h3-6,10,13H,2,7-9,17H2,1H3. The Morgan fingerprint density at radius 1 is 1.29 bits per heavy atom. The third kappa shape index (κ3) is 2.49. The van der Waals surface area contributed by atoms with Crippen LogP contribution in [0.5, 0.6) is 0 Å². The van der Waals surface area contributed by atoms with Crippen LogP contribution in [0.25, 0.3) is 0 Å². The Bertz CT molecular complexity index is 364. The second-order valence-corrected chi connectivity index (χ2v) is 4.86. The summed E-state index contributed by atoms with van der Waals surface area (Å²) in [6.45, 7) is 2.62. The molecule has 17 heavy (non-hydrogen) atoms. The van der Waals surface area contributed by atoms with Crippen LogP contribution in [0.3, 0.4) is 0 Å². The molecule has 1 saturated carbocycles. The molecule has 0 bridgehead atoms. The molecule has 1 fully saturated rings. The summed E-state index contributed by atoms with van der Waals surface area (Å²) in [5, 5.41) is 0. The molecular weight excluding hydrogens is 220 g/mol. The number of benzene rings is 1. The molecule has 0 spiro atoms. The third-order valence-corrected chi connectivity index (χ3v) is 3.63. The van der Waals surface area contributed by atoms with E-state index >= 15 is 0 Å². The van der Waals surface area contributed by atoms with Gasteiger partial charge in [-0.2, -0.15) is 0 Å². The van der Waals surface area contributed by atoms with Crippen molar-refractivity contribution in [2.24, 2.45) is 11.7 Å². The Kier molecular flexibility index (Phi) is 3.48. The lowest BCUT2D eigenvalue weighted by atomic mass is 9.94. The largest absolute Gasteiger partial charge is 0.330 e. The lowest BCUT2D eigenvalue weighted by molar-refractivity contribution is -0.0285. The second kappa shape index (κ2) is 4.73. The molecule has 0 heterocycles. The second-order valence-electron chi connectivity index (χ2n) is 4.86. The maximum absolute atomic E-state index is 13.8. The van der Waals surface area contributed by atoms with Crippen LogP contribution >= 0.6 is 0 Å². The molecular formula is C14H19F2N. The molecule has 0 saturated heterocycles. The normalized spacial score (nSPS) is 18.1. The van der Waals surface area contributed by atoms with Crippen molar-refractivity contribution in [3.05, 3.63) is 35.4 Å². The fourth-order valence-corrected chi connectivity index (χ4v) is 2.20. The van der Waals surface area contributed by atoms with Crippen molar-refractivity contribution in [2.75, 3.05) is 6.54 Å². The van der Waals surface area contributed by atoms with Gasteiger partial charge in [-0.05, 0) is 37.3 Å². The number of nitrogens with two attached hydrogens (primary N) is 1. The van der Waals surface area contributed by atoms with E-state index in [0.717, 1.165) is 12.0 Å². The minimum atomic E-state index is -2.65. The molecule has 1 unspecified atom stereocenters. The van der Waals surface area contributed by atoms with Gasteiger partial charge in [-0.3, -0.25) is 0 Å². The first-order valence-electron chi connectivity index (χ1n) is 6.28. The number of rotatable bonds is 5. The van der Waals surface area contributed by atoms with Crippen molar-refractivity contribution in [3.8, 4) is 0 Å². The fraction of sp³-hybridized carbons (Fsp3) is 0.571. The highest BCUT2D eigenvalue weighted by Crippen LogP contribution is 2.49. The Morgan fingerprint density at radius 2 is 1.88 bits per heavy atom. The van der Waals surface area contributed by atoms with E-state index in [9.17, 15) is 8.78 Å². The average molecular weight is 239 g/mol. The number of alkyl halides is 2. The maximum atomic E-state index is 13.8. The van der Waals surface area contributed by atoms with Crippen LogP contribution in [-0.2, 0) is 5.92 Å². The summed E-state index contributed by atoms with van der Waals surface area (Å²) in [6, 6.07) is 6.72. The smallest absolute Gasteiger partial charge is 0.276 e. The van der Waals surface area contributed by atoms with Crippen LogP contribution in [0.4, 0.5) is 8.78 Å². The lowest BCUT2D eigenvalue weighted by Crippen LogP contribution is -2.16. The monoisotopic (exact) mass is 239 g/mol. The van der Waals surface area contributed by atoms with E-state index in [-0.39, 0.29) is 11.5 Å².